The number of imidazole rings is 1. The van der Waals surface area contributed by atoms with Crippen molar-refractivity contribution in [1.29, 1.82) is 0 Å². The summed E-state index contributed by atoms with van der Waals surface area (Å²) in [5, 5.41) is 3.47. The first kappa shape index (κ1) is 16.0. The lowest BCUT2D eigenvalue weighted by molar-refractivity contribution is 0.613. The van der Waals surface area contributed by atoms with Crippen LogP contribution in [0.15, 0.2) is 18.2 Å². The molecule has 0 aliphatic carbocycles. The van der Waals surface area contributed by atoms with Crippen molar-refractivity contribution >= 4 is 11.0 Å². The lowest BCUT2D eigenvalue weighted by Crippen LogP contribution is -2.19. The molecule has 1 heterocycles. The van der Waals surface area contributed by atoms with E-state index in [1.165, 1.54) is 23.3 Å². The van der Waals surface area contributed by atoms with Crippen molar-refractivity contribution in [2.75, 3.05) is 13.1 Å². The van der Waals surface area contributed by atoms with Gasteiger partial charge in [-0.15, -0.1) is 0 Å². The molecular weight excluding hydrogens is 258 g/mol. The summed E-state index contributed by atoms with van der Waals surface area (Å²) in [6.45, 7) is 12.1. The van der Waals surface area contributed by atoms with Gasteiger partial charge in [0.2, 0.25) is 0 Å². The maximum absolute atomic E-state index is 4.89. The SMILES string of the molecule is CCCNCCc1nc2cc(C(C)C)ccc2n1CCC. The summed E-state index contributed by atoms with van der Waals surface area (Å²) in [6.07, 6.45) is 3.33. The van der Waals surface area contributed by atoms with E-state index in [1.807, 2.05) is 0 Å². The van der Waals surface area contributed by atoms with Gasteiger partial charge in [0, 0.05) is 19.5 Å². The number of nitrogens with one attached hydrogen (secondary N) is 1. The Bertz CT molecular complexity index is 569. The first-order chi connectivity index (χ1) is 10.2. The van der Waals surface area contributed by atoms with Crippen molar-refractivity contribution in [3.05, 3.63) is 29.6 Å². The van der Waals surface area contributed by atoms with E-state index in [-0.39, 0.29) is 0 Å². The van der Waals surface area contributed by atoms with Crippen molar-refractivity contribution < 1.29 is 0 Å². The van der Waals surface area contributed by atoms with Crippen LogP contribution in [0.2, 0.25) is 0 Å². The third-order valence-electron chi connectivity index (χ3n) is 3.92. The van der Waals surface area contributed by atoms with Gasteiger partial charge in [0.1, 0.15) is 5.82 Å². The molecule has 0 bridgehead atoms. The van der Waals surface area contributed by atoms with E-state index in [0.29, 0.717) is 5.92 Å². The van der Waals surface area contributed by atoms with Crippen LogP contribution in [0.3, 0.4) is 0 Å². The van der Waals surface area contributed by atoms with E-state index in [9.17, 15) is 0 Å². The molecule has 0 saturated carbocycles. The van der Waals surface area contributed by atoms with Gasteiger partial charge in [0.25, 0.3) is 0 Å². The average molecular weight is 287 g/mol. The highest BCUT2D eigenvalue weighted by Gasteiger charge is 2.11. The van der Waals surface area contributed by atoms with Crippen LogP contribution in [0.1, 0.15) is 57.8 Å². The monoisotopic (exact) mass is 287 g/mol. The fourth-order valence-corrected chi connectivity index (χ4v) is 2.72. The van der Waals surface area contributed by atoms with Crippen LogP contribution in [0, 0.1) is 0 Å². The molecule has 3 nitrogen and oxygen atoms in total. The molecule has 1 aromatic carbocycles. The molecule has 2 aromatic rings. The van der Waals surface area contributed by atoms with Crippen molar-refractivity contribution in [2.45, 2.75) is 59.4 Å². The Balaban J connectivity index is 2.27. The smallest absolute Gasteiger partial charge is 0.111 e. The lowest BCUT2D eigenvalue weighted by atomic mass is 10.0. The molecule has 0 unspecified atom stereocenters. The Morgan fingerprint density at radius 1 is 1.14 bits per heavy atom. The van der Waals surface area contributed by atoms with Crippen molar-refractivity contribution in [1.82, 2.24) is 14.9 Å². The van der Waals surface area contributed by atoms with E-state index in [4.69, 9.17) is 4.98 Å². The standard InChI is InChI=1S/C18H29N3/c1-5-10-19-11-9-18-20-16-13-15(14(3)4)7-8-17(16)21(18)12-6-2/h7-8,13-14,19H,5-6,9-12H2,1-4H3. The van der Waals surface area contributed by atoms with Gasteiger partial charge in [-0.25, -0.2) is 4.98 Å². The van der Waals surface area contributed by atoms with Crippen LogP contribution in [-0.4, -0.2) is 22.6 Å². The van der Waals surface area contributed by atoms with Gasteiger partial charge in [-0.2, -0.15) is 0 Å². The Morgan fingerprint density at radius 2 is 1.95 bits per heavy atom. The van der Waals surface area contributed by atoms with Gasteiger partial charge >= 0.3 is 0 Å². The van der Waals surface area contributed by atoms with Gasteiger partial charge in [0.15, 0.2) is 0 Å². The van der Waals surface area contributed by atoms with Gasteiger partial charge in [0.05, 0.1) is 11.0 Å². The van der Waals surface area contributed by atoms with Gasteiger partial charge in [-0.3, -0.25) is 0 Å². The summed E-state index contributed by atoms with van der Waals surface area (Å²) < 4.78 is 2.40. The van der Waals surface area contributed by atoms with Crippen LogP contribution in [0.25, 0.3) is 11.0 Å². The third-order valence-corrected chi connectivity index (χ3v) is 3.92. The number of aromatic nitrogens is 2. The van der Waals surface area contributed by atoms with Gasteiger partial charge in [-0.05, 0) is 43.0 Å². The van der Waals surface area contributed by atoms with E-state index in [0.717, 1.165) is 38.0 Å². The predicted molar refractivity (Wildman–Crippen MR) is 91.0 cm³/mol. The number of fused-ring (bicyclic) bond motifs is 1. The van der Waals surface area contributed by atoms with E-state index < -0.39 is 0 Å². The molecule has 2 rings (SSSR count). The van der Waals surface area contributed by atoms with Crippen molar-refractivity contribution in [3.63, 3.8) is 0 Å². The summed E-state index contributed by atoms with van der Waals surface area (Å²) in [5.41, 5.74) is 3.81. The predicted octanol–water partition coefficient (Wildman–Crippen LogP) is 4.11. The average Bonchev–Trinajstić information content (AvgIpc) is 2.81. The molecule has 0 atom stereocenters. The molecule has 0 spiro atoms. The second-order valence-corrected chi connectivity index (χ2v) is 6.08. The first-order valence-electron chi connectivity index (χ1n) is 8.37. The molecule has 1 N–H and O–H groups in total. The normalized spacial score (nSPS) is 11.7. The zero-order valence-electron chi connectivity index (χ0n) is 13.9. The minimum absolute atomic E-state index is 0.556. The minimum Gasteiger partial charge on any atom is -0.328 e. The number of hydrogen-bond acceptors (Lipinski definition) is 2. The molecular formula is C18H29N3. The van der Waals surface area contributed by atoms with Crippen molar-refractivity contribution in [2.24, 2.45) is 0 Å². The molecule has 0 radical (unpaired) electrons. The number of rotatable bonds is 8. The fourth-order valence-electron chi connectivity index (χ4n) is 2.72. The molecule has 3 heteroatoms. The Morgan fingerprint density at radius 3 is 2.62 bits per heavy atom. The maximum Gasteiger partial charge on any atom is 0.111 e. The molecule has 21 heavy (non-hydrogen) atoms. The van der Waals surface area contributed by atoms with Crippen LogP contribution in [-0.2, 0) is 13.0 Å². The van der Waals surface area contributed by atoms with Crippen molar-refractivity contribution in [3.8, 4) is 0 Å². The molecule has 0 aliphatic rings. The number of hydrogen-bond donors (Lipinski definition) is 1. The topological polar surface area (TPSA) is 29.9 Å². The summed E-state index contributed by atoms with van der Waals surface area (Å²) in [4.78, 5) is 4.89. The maximum atomic E-state index is 4.89. The lowest BCUT2D eigenvalue weighted by Gasteiger charge is -2.09. The van der Waals surface area contributed by atoms with Crippen LogP contribution >= 0.6 is 0 Å². The quantitative estimate of drug-likeness (QED) is 0.740. The minimum atomic E-state index is 0.556. The van der Waals surface area contributed by atoms with Gasteiger partial charge in [-0.1, -0.05) is 33.8 Å². The van der Waals surface area contributed by atoms with E-state index in [2.05, 4.69) is 55.8 Å². The highest BCUT2D eigenvalue weighted by molar-refractivity contribution is 5.77. The highest BCUT2D eigenvalue weighted by atomic mass is 15.1. The van der Waals surface area contributed by atoms with E-state index >= 15 is 0 Å². The Kier molecular flexibility index (Phi) is 5.80. The summed E-state index contributed by atoms with van der Waals surface area (Å²) in [5.74, 6) is 1.77. The van der Waals surface area contributed by atoms with Crippen LogP contribution in [0.4, 0.5) is 0 Å². The largest absolute Gasteiger partial charge is 0.328 e. The zero-order chi connectivity index (χ0) is 15.2. The summed E-state index contributed by atoms with van der Waals surface area (Å²) >= 11 is 0. The third kappa shape index (κ3) is 3.85. The highest BCUT2D eigenvalue weighted by Crippen LogP contribution is 2.22. The Labute approximate surface area is 128 Å². The summed E-state index contributed by atoms with van der Waals surface area (Å²) in [6, 6.07) is 6.76. The van der Waals surface area contributed by atoms with Crippen LogP contribution in [0.5, 0.6) is 0 Å². The molecule has 0 fully saturated rings. The second kappa shape index (κ2) is 7.60. The summed E-state index contributed by atoms with van der Waals surface area (Å²) in [7, 11) is 0. The molecule has 1 aromatic heterocycles. The zero-order valence-corrected chi connectivity index (χ0v) is 13.9. The van der Waals surface area contributed by atoms with Crippen LogP contribution < -0.4 is 5.32 Å². The Hall–Kier alpha value is -1.35. The first-order valence-corrected chi connectivity index (χ1v) is 8.37. The number of nitrogens with zero attached hydrogens (tertiary/aromatic N) is 2. The molecule has 0 saturated heterocycles. The number of aryl methyl sites for hydroxylation is 1. The second-order valence-electron chi connectivity index (χ2n) is 6.08. The van der Waals surface area contributed by atoms with Gasteiger partial charge < -0.3 is 9.88 Å². The fraction of sp³-hybridized carbons (Fsp3) is 0.611. The molecule has 116 valence electrons. The van der Waals surface area contributed by atoms with E-state index in [1.54, 1.807) is 0 Å². The molecule has 0 amide bonds. The molecule has 0 aliphatic heterocycles. The number of benzene rings is 1.